The second-order valence-corrected chi connectivity index (χ2v) is 5.50. The van der Waals surface area contributed by atoms with E-state index in [1.807, 2.05) is 0 Å². The van der Waals surface area contributed by atoms with Crippen molar-refractivity contribution >= 4 is 52.4 Å². The van der Waals surface area contributed by atoms with E-state index in [0.29, 0.717) is 10.6 Å². The number of methoxy groups -OCH3 is 1. The van der Waals surface area contributed by atoms with Crippen molar-refractivity contribution in [3.05, 3.63) is 57.2 Å². The number of benzene rings is 1. The first kappa shape index (κ1) is 17.3. The third-order valence-electron chi connectivity index (χ3n) is 2.71. The van der Waals surface area contributed by atoms with Crippen molar-refractivity contribution < 1.29 is 18.7 Å². The molecule has 0 unspecified atom stereocenters. The molecule has 0 spiro atoms. The Morgan fingerprint density at radius 1 is 1.22 bits per heavy atom. The number of carbonyl (C=O) groups excluding carboxylic acids is 2. The first-order chi connectivity index (χ1) is 10.9. The Bertz CT molecular complexity index is 765. The van der Waals surface area contributed by atoms with Gasteiger partial charge >= 0.3 is 5.97 Å². The topological polar surface area (TPSA) is 81.4 Å². The number of esters is 1. The number of amides is 1. The fourth-order valence-electron chi connectivity index (χ4n) is 1.64. The monoisotopic (exact) mass is 374 g/mol. The highest BCUT2D eigenvalue weighted by Gasteiger charge is 2.24. The van der Waals surface area contributed by atoms with E-state index in [1.54, 1.807) is 12.1 Å². The highest BCUT2D eigenvalue weighted by molar-refractivity contribution is 6.58. The lowest BCUT2D eigenvalue weighted by atomic mass is 10.2. The molecule has 0 aliphatic heterocycles. The van der Waals surface area contributed by atoms with Gasteiger partial charge in [-0.05, 0) is 24.3 Å². The van der Waals surface area contributed by atoms with Crippen molar-refractivity contribution in [3.63, 3.8) is 0 Å². The van der Waals surface area contributed by atoms with Gasteiger partial charge in [0, 0.05) is 10.6 Å². The molecule has 1 N–H and O–H groups in total. The molecule has 0 aliphatic carbocycles. The number of oxazole rings is 1. The molecule has 2 rings (SSSR count). The summed E-state index contributed by atoms with van der Waals surface area (Å²) in [5, 5.41) is 2.95. The fraction of sp³-hybridized carbons (Fsp3) is 0.0714. The van der Waals surface area contributed by atoms with Gasteiger partial charge in [0.2, 0.25) is 0 Å². The number of nitrogens with one attached hydrogen (secondary N) is 1. The zero-order valence-corrected chi connectivity index (χ0v) is 13.9. The van der Waals surface area contributed by atoms with Gasteiger partial charge in [0.15, 0.2) is 17.8 Å². The average molecular weight is 376 g/mol. The minimum Gasteiger partial charge on any atom is -0.464 e. The summed E-state index contributed by atoms with van der Waals surface area (Å²) in [6, 6.07) is 6.13. The summed E-state index contributed by atoms with van der Waals surface area (Å²) < 4.78 is 9.35. The maximum absolute atomic E-state index is 12.2. The molecule has 0 saturated heterocycles. The Hall–Kier alpha value is -2.02. The molecule has 1 aromatic carbocycles. The summed E-state index contributed by atoms with van der Waals surface area (Å²) in [6.07, 6.45) is 1.01. The van der Waals surface area contributed by atoms with E-state index in [9.17, 15) is 9.59 Å². The van der Waals surface area contributed by atoms with Crippen LogP contribution in [0.2, 0.25) is 5.02 Å². The van der Waals surface area contributed by atoms with Gasteiger partial charge in [-0.1, -0.05) is 34.8 Å². The highest BCUT2D eigenvalue weighted by Crippen LogP contribution is 2.25. The van der Waals surface area contributed by atoms with E-state index in [1.165, 1.54) is 19.2 Å². The van der Waals surface area contributed by atoms with E-state index in [2.05, 4.69) is 15.0 Å². The quantitative estimate of drug-likeness (QED) is 0.825. The summed E-state index contributed by atoms with van der Waals surface area (Å²) in [7, 11) is 1.18. The number of rotatable bonds is 4. The van der Waals surface area contributed by atoms with Crippen molar-refractivity contribution in [2.75, 3.05) is 7.11 Å². The van der Waals surface area contributed by atoms with Gasteiger partial charge in [-0.25, -0.2) is 9.78 Å². The molecule has 0 atom stereocenters. The number of nitrogens with zero attached hydrogens (tertiary/aromatic N) is 1. The smallest absolute Gasteiger partial charge is 0.360 e. The Labute approximate surface area is 146 Å². The van der Waals surface area contributed by atoms with Crippen LogP contribution in [0.15, 0.2) is 39.6 Å². The minimum atomic E-state index is -0.762. The van der Waals surface area contributed by atoms with Crippen LogP contribution in [0, 0.1) is 0 Å². The molecule has 0 bridgehead atoms. The van der Waals surface area contributed by atoms with Crippen LogP contribution >= 0.6 is 34.8 Å². The molecule has 1 aromatic heterocycles. The van der Waals surface area contributed by atoms with E-state index in [-0.39, 0.29) is 21.6 Å². The number of carbonyl (C=O) groups is 2. The molecule has 0 aliphatic rings. The van der Waals surface area contributed by atoms with Gasteiger partial charge in [0.05, 0.1) is 7.11 Å². The van der Waals surface area contributed by atoms with Crippen LogP contribution in [-0.2, 0) is 4.74 Å². The summed E-state index contributed by atoms with van der Waals surface area (Å²) in [4.78, 5) is 27.6. The predicted octanol–water partition coefficient (Wildman–Crippen LogP) is 3.65. The molecule has 0 fully saturated rings. The van der Waals surface area contributed by atoms with Crippen LogP contribution in [0.25, 0.3) is 5.70 Å². The third kappa shape index (κ3) is 4.04. The van der Waals surface area contributed by atoms with Crippen molar-refractivity contribution in [2.45, 2.75) is 0 Å². The van der Waals surface area contributed by atoms with Gasteiger partial charge in [-0.15, -0.1) is 0 Å². The van der Waals surface area contributed by atoms with Crippen molar-refractivity contribution in [3.8, 4) is 0 Å². The number of hydrogen-bond donors (Lipinski definition) is 1. The summed E-state index contributed by atoms with van der Waals surface area (Å²) >= 11 is 17.3. The lowest BCUT2D eigenvalue weighted by molar-refractivity contribution is 0.0593. The molecular weight excluding hydrogens is 367 g/mol. The van der Waals surface area contributed by atoms with E-state index in [4.69, 9.17) is 39.2 Å². The molecule has 1 amide bonds. The summed E-state index contributed by atoms with van der Waals surface area (Å²) in [5.41, 5.74) is 0.0320. The van der Waals surface area contributed by atoms with Crippen molar-refractivity contribution in [1.29, 1.82) is 0 Å². The number of halogens is 3. The largest absolute Gasteiger partial charge is 0.464 e. The van der Waals surface area contributed by atoms with Crippen LogP contribution in [0.4, 0.5) is 0 Å². The molecule has 2 aromatic rings. The van der Waals surface area contributed by atoms with Crippen LogP contribution < -0.4 is 5.32 Å². The van der Waals surface area contributed by atoms with Gasteiger partial charge in [0.25, 0.3) is 5.91 Å². The van der Waals surface area contributed by atoms with Crippen LogP contribution in [0.5, 0.6) is 0 Å². The van der Waals surface area contributed by atoms with Gasteiger partial charge < -0.3 is 14.5 Å². The average Bonchev–Trinajstić information content (AvgIpc) is 3.01. The minimum absolute atomic E-state index is 0.105. The molecule has 0 radical (unpaired) electrons. The Morgan fingerprint density at radius 2 is 1.87 bits per heavy atom. The zero-order chi connectivity index (χ0) is 17.0. The molecule has 1 heterocycles. The highest BCUT2D eigenvalue weighted by atomic mass is 35.5. The van der Waals surface area contributed by atoms with E-state index >= 15 is 0 Å². The van der Waals surface area contributed by atoms with Gasteiger partial charge in [-0.3, -0.25) is 4.79 Å². The van der Waals surface area contributed by atoms with Gasteiger partial charge in [-0.2, -0.15) is 0 Å². The van der Waals surface area contributed by atoms with Crippen LogP contribution in [-0.4, -0.2) is 24.0 Å². The lowest BCUT2D eigenvalue weighted by Gasteiger charge is -2.09. The first-order valence-electron chi connectivity index (χ1n) is 6.08. The third-order valence-corrected chi connectivity index (χ3v) is 3.34. The SMILES string of the molecule is COC(=O)c1ncoc1C(NC(=O)c1ccc(Cl)cc1)=C(Cl)Cl. The zero-order valence-electron chi connectivity index (χ0n) is 11.6. The second kappa shape index (κ2) is 7.50. The van der Waals surface area contributed by atoms with Crippen LogP contribution in [0.1, 0.15) is 26.6 Å². The molecule has 9 heteroatoms. The van der Waals surface area contributed by atoms with Gasteiger partial charge in [0.1, 0.15) is 10.2 Å². The first-order valence-corrected chi connectivity index (χ1v) is 7.21. The standard InChI is InChI=1S/C14H9Cl3N2O4/c1-22-14(21)10-11(23-6-18-10)9(12(16)17)19-13(20)7-2-4-8(15)5-3-7/h2-6H,1H3,(H,19,20). The number of aromatic nitrogens is 1. The number of hydrogen-bond acceptors (Lipinski definition) is 5. The van der Waals surface area contributed by atoms with Crippen molar-refractivity contribution in [1.82, 2.24) is 10.3 Å². The molecule has 6 nitrogen and oxygen atoms in total. The second-order valence-electron chi connectivity index (χ2n) is 4.12. The fourth-order valence-corrected chi connectivity index (χ4v) is 2.03. The summed E-state index contributed by atoms with van der Waals surface area (Å²) in [6.45, 7) is 0. The Kier molecular flexibility index (Phi) is 5.65. The van der Waals surface area contributed by atoms with E-state index in [0.717, 1.165) is 6.39 Å². The molecule has 0 saturated carbocycles. The summed E-state index contributed by atoms with van der Waals surface area (Å²) in [5.74, 6) is -1.40. The number of ether oxygens (including phenoxy) is 1. The van der Waals surface area contributed by atoms with Crippen LogP contribution in [0.3, 0.4) is 0 Å². The normalized spacial score (nSPS) is 10.1. The lowest BCUT2D eigenvalue weighted by Crippen LogP contribution is -2.23. The van der Waals surface area contributed by atoms with E-state index < -0.39 is 11.9 Å². The molecule has 23 heavy (non-hydrogen) atoms. The molecule has 120 valence electrons. The maximum atomic E-state index is 12.2. The maximum Gasteiger partial charge on any atom is 0.360 e. The Morgan fingerprint density at radius 3 is 2.43 bits per heavy atom. The Balaban J connectivity index is 2.33. The van der Waals surface area contributed by atoms with Crippen molar-refractivity contribution in [2.24, 2.45) is 0 Å². The predicted molar refractivity (Wildman–Crippen MR) is 85.4 cm³/mol. The molecular formula is C14H9Cl3N2O4.